The number of anilines is 1. The van der Waals surface area contributed by atoms with Gasteiger partial charge >= 0.3 is 0 Å². The van der Waals surface area contributed by atoms with Crippen LogP contribution in [-0.2, 0) is 11.3 Å². The highest BCUT2D eigenvalue weighted by atomic mass is 16.2. The van der Waals surface area contributed by atoms with Gasteiger partial charge in [0.1, 0.15) is 12.1 Å². The molecule has 5 rings (SSSR count). The van der Waals surface area contributed by atoms with Gasteiger partial charge in [0.05, 0.1) is 11.6 Å². The summed E-state index contributed by atoms with van der Waals surface area (Å²) in [5, 5.41) is 7.79. The number of carbonyl (C=O) groups is 1. The first kappa shape index (κ1) is 21.6. The fourth-order valence-electron chi connectivity index (χ4n) is 4.71. The van der Waals surface area contributed by atoms with Gasteiger partial charge in [-0.2, -0.15) is 5.10 Å². The van der Waals surface area contributed by atoms with Crippen LogP contribution in [0.15, 0.2) is 48.8 Å². The maximum absolute atomic E-state index is 12.8. The molecule has 1 amide bonds. The van der Waals surface area contributed by atoms with E-state index in [-0.39, 0.29) is 17.9 Å². The molecular formula is C25H31N7O. The second-order valence-corrected chi connectivity index (χ2v) is 9.22. The Hall–Kier alpha value is -3.26. The molecule has 33 heavy (non-hydrogen) atoms. The van der Waals surface area contributed by atoms with E-state index in [0.717, 1.165) is 55.5 Å². The van der Waals surface area contributed by atoms with E-state index in [2.05, 4.69) is 60.5 Å². The predicted molar refractivity (Wildman–Crippen MR) is 127 cm³/mol. The minimum Gasteiger partial charge on any atom is -0.355 e. The molecule has 172 valence electrons. The second-order valence-electron chi connectivity index (χ2n) is 9.22. The fourth-order valence-corrected chi connectivity index (χ4v) is 4.71. The number of piperidine rings is 1. The lowest BCUT2D eigenvalue weighted by molar-refractivity contribution is -0.126. The van der Waals surface area contributed by atoms with Crippen molar-refractivity contribution in [2.75, 3.05) is 31.1 Å². The predicted octanol–water partition coefficient (Wildman–Crippen LogP) is 2.50. The molecule has 2 aliphatic heterocycles. The third-order valence-electron chi connectivity index (χ3n) is 6.62. The SMILES string of the molecule is Cc1cc(C)n(-c2cc(N3CC(C(=O)NC4CCN(Cc5ccccc5)CC4)C3)ncn2)n1. The third kappa shape index (κ3) is 4.90. The number of hydrogen-bond acceptors (Lipinski definition) is 6. The van der Waals surface area contributed by atoms with Gasteiger partial charge in [0.2, 0.25) is 5.91 Å². The number of likely N-dealkylation sites (tertiary alicyclic amines) is 1. The van der Waals surface area contributed by atoms with Crippen molar-refractivity contribution in [1.82, 2.24) is 30.0 Å². The van der Waals surface area contributed by atoms with Gasteiger partial charge in [0, 0.05) is 50.5 Å². The van der Waals surface area contributed by atoms with Crippen molar-refractivity contribution >= 4 is 11.7 Å². The van der Waals surface area contributed by atoms with E-state index in [9.17, 15) is 4.79 Å². The standard InChI is InChI=1S/C25H31N7O/c1-18-12-19(2)32(29-18)24-13-23(26-17-27-24)31-15-21(16-31)25(33)28-22-8-10-30(11-9-22)14-20-6-4-3-5-7-20/h3-7,12-13,17,21-22H,8-11,14-16H2,1-2H3,(H,28,33). The quantitative estimate of drug-likeness (QED) is 0.628. The van der Waals surface area contributed by atoms with E-state index in [1.807, 2.05) is 30.7 Å². The summed E-state index contributed by atoms with van der Waals surface area (Å²) in [6.45, 7) is 8.38. The Morgan fingerprint density at radius 1 is 1.03 bits per heavy atom. The van der Waals surface area contributed by atoms with Crippen molar-refractivity contribution in [1.29, 1.82) is 0 Å². The number of carbonyl (C=O) groups excluding carboxylic acids is 1. The smallest absolute Gasteiger partial charge is 0.226 e. The zero-order chi connectivity index (χ0) is 22.8. The Morgan fingerprint density at radius 2 is 1.76 bits per heavy atom. The molecule has 0 bridgehead atoms. The van der Waals surface area contributed by atoms with Crippen LogP contribution in [0.5, 0.6) is 0 Å². The lowest BCUT2D eigenvalue weighted by Gasteiger charge is -2.40. The normalized spacial score (nSPS) is 17.7. The largest absolute Gasteiger partial charge is 0.355 e. The molecule has 4 heterocycles. The highest BCUT2D eigenvalue weighted by Gasteiger charge is 2.35. The zero-order valence-electron chi connectivity index (χ0n) is 19.3. The van der Waals surface area contributed by atoms with Crippen LogP contribution in [0.1, 0.15) is 29.8 Å². The molecule has 0 radical (unpaired) electrons. The van der Waals surface area contributed by atoms with Crippen LogP contribution in [0.2, 0.25) is 0 Å². The van der Waals surface area contributed by atoms with E-state index in [0.29, 0.717) is 13.1 Å². The van der Waals surface area contributed by atoms with Gasteiger partial charge in [0.25, 0.3) is 0 Å². The first-order valence-electron chi connectivity index (χ1n) is 11.7. The first-order chi connectivity index (χ1) is 16.0. The maximum atomic E-state index is 12.8. The number of aryl methyl sites for hydroxylation is 2. The Bertz CT molecular complexity index is 1100. The molecule has 2 aliphatic rings. The highest BCUT2D eigenvalue weighted by Crippen LogP contribution is 2.25. The molecule has 1 N–H and O–H groups in total. The van der Waals surface area contributed by atoms with E-state index < -0.39 is 0 Å². The minimum atomic E-state index is 0.0134. The number of nitrogens with zero attached hydrogens (tertiary/aromatic N) is 6. The van der Waals surface area contributed by atoms with Gasteiger partial charge in [-0.05, 0) is 38.3 Å². The molecule has 0 aliphatic carbocycles. The number of amides is 1. The molecule has 1 aromatic carbocycles. The van der Waals surface area contributed by atoms with Crippen LogP contribution in [0.3, 0.4) is 0 Å². The maximum Gasteiger partial charge on any atom is 0.226 e. The number of aromatic nitrogens is 4. The lowest BCUT2D eigenvalue weighted by atomic mass is 9.97. The fraction of sp³-hybridized carbons (Fsp3) is 0.440. The summed E-state index contributed by atoms with van der Waals surface area (Å²) < 4.78 is 1.83. The van der Waals surface area contributed by atoms with Crippen LogP contribution in [0.25, 0.3) is 5.82 Å². The summed E-state index contributed by atoms with van der Waals surface area (Å²) in [5.74, 6) is 1.77. The monoisotopic (exact) mass is 445 g/mol. The van der Waals surface area contributed by atoms with Crippen molar-refractivity contribution < 1.29 is 4.79 Å². The van der Waals surface area contributed by atoms with Gasteiger partial charge in [-0.25, -0.2) is 14.6 Å². The number of benzene rings is 1. The van der Waals surface area contributed by atoms with Gasteiger partial charge in [-0.1, -0.05) is 30.3 Å². The third-order valence-corrected chi connectivity index (χ3v) is 6.62. The molecule has 0 unspecified atom stereocenters. The van der Waals surface area contributed by atoms with Gasteiger partial charge < -0.3 is 10.2 Å². The summed E-state index contributed by atoms with van der Waals surface area (Å²) in [6, 6.07) is 14.8. The molecule has 2 saturated heterocycles. The summed E-state index contributed by atoms with van der Waals surface area (Å²) in [6.07, 6.45) is 3.58. The summed E-state index contributed by atoms with van der Waals surface area (Å²) in [7, 11) is 0. The summed E-state index contributed by atoms with van der Waals surface area (Å²) in [5.41, 5.74) is 3.34. The lowest BCUT2D eigenvalue weighted by Crippen LogP contribution is -2.56. The molecule has 8 heteroatoms. The number of hydrogen-bond donors (Lipinski definition) is 1. The van der Waals surface area contributed by atoms with E-state index in [4.69, 9.17) is 0 Å². The zero-order valence-corrected chi connectivity index (χ0v) is 19.3. The van der Waals surface area contributed by atoms with Crippen LogP contribution in [0.4, 0.5) is 5.82 Å². The Morgan fingerprint density at radius 3 is 2.45 bits per heavy atom. The average molecular weight is 446 g/mol. The van der Waals surface area contributed by atoms with Crippen molar-refractivity contribution in [2.45, 2.75) is 39.3 Å². The molecule has 2 fully saturated rings. The second kappa shape index (κ2) is 9.31. The van der Waals surface area contributed by atoms with E-state index >= 15 is 0 Å². The van der Waals surface area contributed by atoms with Crippen molar-refractivity contribution in [2.24, 2.45) is 5.92 Å². The molecule has 2 aromatic heterocycles. The van der Waals surface area contributed by atoms with Crippen molar-refractivity contribution in [3.8, 4) is 5.82 Å². The topological polar surface area (TPSA) is 79.2 Å². The molecule has 0 atom stereocenters. The Kier molecular flexibility index (Phi) is 6.09. The molecule has 0 saturated carbocycles. The Labute approximate surface area is 194 Å². The average Bonchev–Trinajstić information content (AvgIpc) is 3.13. The number of rotatable bonds is 6. The summed E-state index contributed by atoms with van der Waals surface area (Å²) >= 11 is 0. The molecule has 8 nitrogen and oxygen atoms in total. The van der Waals surface area contributed by atoms with E-state index in [1.54, 1.807) is 6.33 Å². The van der Waals surface area contributed by atoms with Gasteiger partial charge in [-0.3, -0.25) is 9.69 Å². The van der Waals surface area contributed by atoms with E-state index in [1.165, 1.54) is 5.56 Å². The highest BCUT2D eigenvalue weighted by molar-refractivity contribution is 5.82. The van der Waals surface area contributed by atoms with Crippen molar-refractivity contribution in [3.63, 3.8) is 0 Å². The summed E-state index contributed by atoms with van der Waals surface area (Å²) in [4.78, 5) is 26.2. The van der Waals surface area contributed by atoms with Crippen LogP contribution in [-0.4, -0.2) is 62.8 Å². The van der Waals surface area contributed by atoms with Crippen molar-refractivity contribution in [3.05, 3.63) is 65.7 Å². The molecule has 3 aromatic rings. The molecular weight excluding hydrogens is 414 g/mol. The van der Waals surface area contributed by atoms with Gasteiger partial charge in [-0.15, -0.1) is 0 Å². The Balaban J connectivity index is 1.09. The minimum absolute atomic E-state index is 0.0134. The number of nitrogens with one attached hydrogen (secondary N) is 1. The van der Waals surface area contributed by atoms with Gasteiger partial charge in [0.15, 0.2) is 5.82 Å². The molecule has 0 spiro atoms. The first-order valence-corrected chi connectivity index (χ1v) is 11.7. The van der Waals surface area contributed by atoms with Crippen LogP contribution < -0.4 is 10.2 Å². The van der Waals surface area contributed by atoms with Crippen LogP contribution >= 0.6 is 0 Å². The van der Waals surface area contributed by atoms with Crippen LogP contribution in [0, 0.1) is 19.8 Å².